The minimum Gasteiger partial charge on any atom is -0.396 e. The number of aliphatic hydroxyl groups excluding tert-OH is 1. The maximum atomic E-state index is 9.34. The highest BCUT2D eigenvalue weighted by atomic mass is 16.3. The Hall–Kier alpha value is -1.76. The molecule has 0 spiro atoms. The van der Waals surface area contributed by atoms with Crippen molar-refractivity contribution in [1.82, 2.24) is 25.0 Å². The van der Waals surface area contributed by atoms with Gasteiger partial charge in [0.15, 0.2) is 17.0 Å². The first kappa shape index (κ1) is 10.4. The van der Waals surface area contributed by atoms with Crippen molar-refractivity contribution in [2.24, 2.45) is 5.92 Å². The summed E-state index contributed by atoms with van der Waals surface area (Å²) in [4.78, 5) is 8.07. The Balaban J connectivity index is 2.09. The maximum Gasteiger partial charge on any atom is 0.184 e. The molecule has 0 bridgehead atoms. The second kappa shape index (κ2) is 3.92. The van der Waals surface area contributed by atoms with Gasteiger partial charge in [-0.1, -0.05) is 11.6 Å². The van der Waals surface area contributed by atoms with Crippen molar-refractivity contribution in [1.29, 1.82) is 0 Å². The fourth-order valence-electron chi connectivity index (χ4n) is 2.56. The number of hydrogen-bond donors (Lipinski definition) is 2. The van der Waals surface area contributed by atoms with Crippen molar-refractivity contribution in [2.45, 2.75) is 25.3 Å². The number of anilines is 1. The number of aliphatic hydroxyl groups is 1. The summed E-state index contributed by atoms with van der Waals surface area (Å²) < 4.78 is 1.78. The number of rotatable bonds is 2. The van der Waals surface area contributed by atoms with E-state index < -0.39 is 0 Å². The topological polar surface area (TPSA) is 103 Å². The van der Waals surface area contributed by atoms with E-state index in [1.165, 1.54) is 6.33 Å². The lowest BCUT2D eigenvalue weighted by atomic mass is 10.1. The molecule has 0 aliphatic heterocycles. The van der Waals surface area contributed by atoms with Gasteiger partial charge in [0.05, 0.1) is 6.04 Å². The largest absolute Gasteiger partial charge is 0.396 e. The lowest BCUT2D eigenvalue weighted by Crippen LogP contribution is -2.18. The molecule has 0 radical (unpaired) electrons. The summed E-state index contributed by atoms with van der Waals surface area (Å²) in [6, 6.07) is 0.166. The van der Waals surface area contributed by atoms with E-state index in [1.54, 1.807) is 4.68 Å². The summed E-state index contributed by atoms with van der Waals surface area (Å²) in [5, 5.41) is 17.5. The van der Waals surface area contributed by atoms with Gasteiger partial charge < -0.3 is 10.8 Å². The van der Waals surface area contributed by atoms with Gasteiger partial charge in [-0.25, -0.2) is 14.6 Å². The molecule has 2 aromatic rings. The average Bonchev–Trinajstić information content (AvgIpc) is 2.94. The molecule has 0 amide bonds. The molecule has 3 N–H and O–H groups in total. The predicted molar refractivity (Wildman–Crippen MR) is 61.0 cm³/mol. The molecule has 2 atom stereocenters. The zero-order valence-electron chi connectivity index (χ0n) is 9.32. The number of nitrogen functional groups attached to an aromatic ring is 1. The third-order valence-electron chi connectivity index (χ3n) is 3.46. The van der Waals surface area contributed by atoms with Gasteiger partial charge in [-0.3, -0.25) is 0 Å². The van der Waals surface area contributed by atoms with Crippen LogP contribution in [0, 0.1) is 5.92 Å². The minimum absolute atomic E-state index is 0.166. The van der Waals surface area contributed by atoms with Crippen molar-refractivity contribution < 1.29 is 5.11 Å². The second-order valence-electron chi connectivity index (χ2n) is 4.41. The third-order valence-corrected chi connectivity index (χ3v) is 3.46. The third kappa shape index (κ3) is 1.54. The highest BCUT2D eigenvalue weighted by Crippen LogP contribution is 2.36. The molecule has 7 heteroatoms. The molecule has 2 heterocycles. The van der Waals surface area contributed by atoms with Crippen LogP contribution in [0.25, 0.3) is 11.2 Å². The van der Waals surface area contributed by atoms with Crippen LogP contribution in [0.4, 0.5) is 5.82 Å². The lowest BCUT2D eigenvalue weighted by Gasteiger charge is -2.17. The van der Waals surface area contributed by atoms with Crippen LogP contribution in [0.2, 0.25) is 0 Å². The highest BCUT2D eigenvalue weighted by molar-refractivity contribution is 5.80. The van der Waals surface area contributed by atoms with Crippen LogP contribution in [0.1, 0.15) is 25.3 Å². The Bertz CT molecular complexity index is 539. The van der Waals surface area contributed by atoms with Crippen LogP contribution >= 0.6 is 0 Å². The number of nitrogens with zero attached hydrogens (tertiary/aromatic N) is 5. The van der Waals surface area contributed by atoms with E-state index in [0.29, 0.717) is 17.0 Å². The Morgan fingerprint density at radius 2 is 2.29 bits per heavy atom. The standard InChI is InChI=1S/C10H14N6O/c11-9-8-10(13-5-12-9)16(15-14-8)7-3-1-2-6(7)4-17/h5-7,17H,1-4H2,(H2,11,12,13)/t6-,7+/m0/s1. The van der Waals surface area contributed by atoms with E-state index in [1.807, 2.05) is 0 Å². The quantitative estimate of drug-likeness (QED) is 0.766. The predicted octanol–water partition coefficient (Wildman–Crippen LogP) is 0.137. The first-order valence-corrected chi connectivity index (χ1v) is 5.73. The summed E-state index contributed by atoms with van der Waals surface area (Å²) in [5.74, 6) is 0.580. The molecular formula is C10H14N6O. The fraction of sp³-hybridized carbons (Fsp3) is 0.600. The van der Waals surface area contributed by atoms with Crippen LogP contribution in [0.15, 0.2) is 6.33 Å². The van der Waals surface area contributed by atoms with Crippen LogP contribution in [-0.4, -0.2) is 36.7 Å². The van der Waals surface area contributed by atoms with Crippen LogP contribution in [-0.2, 0) is 0 Å². The molecule has 1 fully saturated rings. The highest BCUT2D eigenvalue weighted by Gasteiger charge is 2.30. The number of nitrogens with two attached hydrogens (primary N) is 1. The van der Waals surface area contributed by atoms with Crippen LogP contribution < -0.4 is 5.73 Å². The summed E-state index contributed by atoms with van der Waals surface area (Å²) in [6.07, 6.45) is 4.52. The number of fused-ring (bicyclic) bond motifs is 1. The van der Waals surface area contributed by atoms with Crippen molar-refractivity contribution >= 4 is 17.0 Å². The van der Waals surface area contributed by atoms with E-state index >= 15 is 0 Å². The second-order valence-corrected chi connectivity index (χ2v) is 4.41. The normalized spacial score (nSPS) is 24.5. The van der Waals surface area contributed by atoms with Crippen LogP contribution in [0.3, 0.4) is 0 Å². The molecule has 1 saturated carbocycles. The molecule has 0 unspecified atom stereocenters. The van der Waals surface area contributed by atoms with Gasteiger partial charge >= 0.3 is 0 Å². The molecule has 90 valence electrons. The van der Waals surface area contributed by atoms with Gasteiger partial charge in [0, 0.05) is 12.5 Å². The van der Waals surface area contributed by atoms with Gasteiger partial charge in [-0.05, 0) is 12.8 Å². The van der Waals surface area contributed by atoms with Crippen molar-refractivity contribution in [3.05, 3.63) is 6.33 Å². The van der Waals surface area contributed by atoms with Crippen LogP contribution in [0.5, 0.6) is 0 Å². The molecule has 0 aromatic carbocycles. The van der Waals surface area contributed by atoms with E-state index in [4.69, 9.17) is 5.73 Å². The SMILES string of the molecule is Nc1ncnc2c1nnn2[C@@H]1CCC[C@H]1CO. The number of aromatic nitrogens is 5. The molecule has 1 aliphatic carbocycles. The van der Waals surface area contributed by atoms with E-state index in [-0.39, 0.29) is 18.6 Å². The van der Waals surface area contributed by atoms with Gasteiger partial charge in [0.25, 0.3) is 0 Å². The molecule has 17 heavy (non-hydrogen) atoms. The Labute approximate surface area is 97.7 Å². The Morgan fingerprint density at radius 3 is 3.12 bits per heavy atom. The van der Waals surface area contributed by atoms with Gasteiger partial charge in [0.2, 0.25) is 0 Å². The van der Waals surface area contributed by atoms with Crippen molar-refractivity contribution in [2.75, 3.05) is 12.3 Å². The smallest absolute Gasteiger partial charge is 0.184 e. The minimum atomic E-state index is 0.166. The zero-order valence-corrected chi connectivity index (χ0v) is 9.32. The zero-order chi connectivity index (χ0) is 11.8. The van der Waals surface area contributed by atoms with Gasteiger partial charge in [-0.2, -0.15) is 0 Å². The maximum absolute atomic E-state index is 9.34. The first-order valence-electron chi connectivity index (χ1n) is 5.73. The molecule has 2 aromatic heterocycles. The van der Waals surface area contributed by atoms with Crippen molar-refractivity contribution in [3.63, 3.8) is 0 Å². The lowest BCUT2D eigenvalue weighted by molar-refractivity contribution is 0.191. The Morgan fingerprint density at radius 1 is 1.41 bits per heavy atom. The summed E-state index contributed by atoms with van der Waals surface area (Å²) >= 11 is 0. The molecule has 1 aliphatic rings. The monoisotopic (exact) mass is 234 g/mol. The van der Waals surface area contributed by atoms with E-state index in [2.05, 4.69) is 20.3 Å². The fourth-order valence-corrected chi connectivity index (χ4v) is 2.56. The average molecular weight is 234 g/mol. The summed E-state index contributed by atoms with van der Waals surface area (Å²) in [5.41, 5.74) is 6.91. The van der Waals surface area contributed by atoms with E-state index in [0.717, 1.165) is 19.3 Å². The van der Waals surface area contributed by atoms with Crippen molar-refractivity contribution in [3.8, 4) is 0 Å². The summed E-state index contributed by atoms with van der Waals surface area (Å²) in [7, 11) is 0. The molecule has 0 saturated heterocycles. The summed E-state index contributed by atoms with van der Waals surface area (Å²) in [6.45, 7) is 0.173. The molecule has 7 nitrogen and oxygen atoms in total. The first-order chi connectivity index (χ1) is 8.31. The number of hydrogen-bond acceptors (Lipinski definition) is 6. The molecular weight excluding hydrogens is 220 g/mol. The Kier molecular flexibility index (Phi) is 2.40. The van der Waals surface area contributed by atoms with E-state index in [9.17, 15) is 5.11 Å². The molecule has 3 rings (SSSR count). The van der Waals surface area contributed by atoms with Gasteiger partial charge in [0.1, 0.15) is 6.33 Å². The van der Waals surface area contributed by atoms with Gasteiger partial charge in [-0.15, -0.1) is 5.10 Å².